The Kier molecular flexibility index (Phi) is 4.68. The van der Waals surface area contributed by atoms with Gasteiger partial charge in [0.05, 0.1) is 24.9 Å². The Morgan fingerprint density at radius 3 is 2.94 bits per heavy atom. The molecule has 0 saturated heterocycles. The average Bonchev–Trinajstić information content (AvgIpc) is 2.26. The lowest BCUT2D eigenvalue weighted by Gasteiger charge is -2.10. The van der Waals surface area contributed by atoms with Crippen LogP contribution in [0.5, 0.6) is 5.88 Å². The summed E-state index contributed by atoms with van der Waals surface area (Å²) in [6, 6.07) is 0. The summed E-state index contributed by atoms with van der Waals surface area (Å²) < 4.78 is 4.91. The number of rotatable bonds is 5. The summed E-state index contributed by atoms with van der Waals surface area (Å²) in [6.07, 6.45) is 1.91. The first-order chi connectivity index (χ1) is 8.06. The van der Waals surface area contributed by atoms with Crippen molar-refractivity contribution in [2.24, 2.45) is 0 Å². The van der Waals surface area contributed by atoms with E-state index < -0.39 is 11.5 Å². The quantitative estimate of drug-likeness (QED) is 0.747. The van der Waals surface area contributed by atoms with Crippen molar-refractivity contribution in [1.29, 1.82) is 0 Å². The second-order valence-electron chi connectivity index (χ2n) is 3.79. The van der Waals surface area contributed by atoms with Crippen molar-refractivity contribution in [3.8, 4) is 5.88 Å². The molecule has 1 atom stereocenters. The molecule has 1 rings (SSSR count). The van der Waals surface area contributed by atoms with E-state index in [1.165, 1.54) is 0 Å². The molecule has 1 aromatic heterocycles. The molecular formula is C11H16N2O4. The second-order valence-corrected chi connectivity index (χ2v) is 3.79. The summed E-state index contributed by atoms with van der Waals surface area (Å²) in [5, 5.41) is 9.47. The Bertz CT molecular complexity index is 441. The molecule has 94 valence electrons. The molecule has 0 amide bonds. The Labute approximate surface area is 98.7 Å². The Morgan fingerprint density at radius 1 is 1.65 bits per heavy atom. The molecule has 0 bridgehead atoms. The zero-order chi connectivity index (χ0) is 12.8. The van der Waals surface area contributed by atoms with Gasteiger partial charge in [-0.15, -0.1) is 0 Å². The molecule has 17 heavy (non-hydrogen) atoms. The smallest absolute Gasteiger partial charge is 0.306 e. The lowest BCUT2D eigenvalue weighted by atomic mass is 10.0. The van der Waals surface area contributed by atoms with Gasteiger partial charge in [-0.25, -0.2) is 4.98 Å². The van der Waals surface area contributed by atoms with Gasteiger partial charge in [-0.3, -0.25) is 9.59 Å². The van der Waals surface area contributed by atoms with Gasteiger partial charge >= 0.3 is 5.97 Å². The summed E-state index contributed by atoms with van der Waals surface area (Å²) >= 11 is 0. The molecule has 6 nitrogen and oxygen atoms in total. The van der Waals surface area contributed by atoms with Gasteiger partial charge in [0, 0.05) is 5.92 Å². The monoisotopic (exact) mass is 240 g/mol. The number of carbonyl (C=O) groups excluding carboxylic acids is 1. The van der Waals surface area contributed by atoms with Gasteiger partial charge in [-0.2, -0.15) is 0 Å². The largest absolute Gasteiger partial charge is 0.493 e. The maximum Gasteiger partial charge on any atom is 0.306 e. The van der Waals surface area contributed by atoms with Crippen molar-refractivity contribution in [2.75, 3.05) is 6.61 Å². The lowest BCUT2D eigenvalue weighted by molar-refractivity contribution is -0.144. The first-order valence-corrected chi connectivity index (χ1v) is 5.48. The highest BCUT2D eigenvalue weighted by molar-refractivity contribution is 5.70. The SMILES string of the molecule is CCCOC(=O)C[C@@H](C)c1c(O)nc[nH]c1=O. The van der Waals surface area contributed by atoms with Crippen LogP contribution in [0.2, 0.25) is 0 Å². The highest BCUT2D eigenvalue weighted by Crippen LogP contribution is 2.22. The third kappa shape index (κ3) is 3.58. The number of nitrogens with one attached hydrogen (secondary N) is 1. The number of hydrogen-bond donors (Lipinski definition) is 2. The molecule has 0 fully saturated rings. The first-order valence-electron chi connectivity index (χ1n) is 5.48. The van der Waals surface area contributed by atoms with E-state index in [1.54, 1.807) is 6.92 Å². The molecule has 1 heterocycles. The molecule has 0 saturated carbocycles. The second kappa shape index (κ2) is 6.03. The molecule has 0 radical (unpaired) electrons. The van der Waals surface area contributed by atoms with E-state index >= 15 is 0 Å². The third-order valence-electron chi connectivity index (χ3n) is 2.30. The van der Waals surface area contributed by atoms with Crippen molar-refractivity contribution < 1.29 is 14.6 Å². The molecule has 0 aliphatic rings. The molecular weight excluding hydrogens is 224 g/mol. The number of aromatic amines is 1. The number of aromatic hydroxyl groups is 1. The Morgan fingerprint density at radius 2 is 2.35 bits per heavy atom. The van der Waals surface area contributed by atoms with E-state index in [2.05, 4.69) is 9.97 Å². The summed E-state index contributed by atoms with van der Waals surface area (Å²) in [6.45, 7) is 3.93. The van der Waals surface area contributed by atoms with Crippen LogP contribution in [0.3, 0.4) is 0 Å². The van der Waals surface area contributed by atoms with Crippen LogP contribution in [0.4, 0.5) is 0 Å². The minimum Gasteiger partial charge on any atom is -0.493 e. The van der Waals surface area contributed by atoms with Gasteiger partial charge in [0.2, 0.25) is 5.88 Å². The van der Waals surface area contributed by atoms with Gasteiger partial charge in [-0.1, -0.05) is 13.8 Å². The number of hydrogen-bond acceptors (Lipinski definition) is 5. The number of ether oxygens (including phenoxy) is 1. The fourth-order valence-electron chi connectivity index (χ4n) is 1.47. The number of nitrogens with zero attached hydrogens (tertiary/aromatic N) is 1. The lowest BCUT2D eigenvalue weighted by Crippen LogP contribution is -2.18. The average molecular weight is 240 g/mol. The maximum atomic E-state index is 11.5. The van der Waals surface area contributed by atoms with E-state index in [1.807, 2.05) is 6.92 Å². The van der Waals surface area contributed by atoms with Crippen LogP contribution >= 0.6 is 0 Å². The summed E-state index contributed by atoms with van der Waals surface area (Å²) in [7, 11) is 0. The van der Waals surface area contributed by atoms with Crippen molar-refractivity contribution in [3.63, 3.8) is 0 Å². The molecule has 2 N–H and O–H groups in total. The topological polar surface area (TPSA) is 92.3 Å². The van der Waals surface area contributed by atoms with Gasteiger partial charge in [0.25, 0.3) is 5.56 Å². The highest BCUT2D eigenvalue weighted by Gasteiger charge is 2.19. The first kappa shape index (κ1) is 13.2. The van der Waals surface area contributed by atoms with Gasteiger partial charge < -0.3 is 14.8 Å². The Balaban J connectivity index is 2.73. The molecule has 0 unspecified atom stereocenters. The van der Waals surface area contributed by atoms with E-state index in [4.69, 9.17) is 4.74 Å². The maximum absolute atomic E-state index is 11.5. The number of H-pyrrole nitrogens is 1. The fraction of sp³-hybridized carbons (Fsp3) is 0.545. The van der Waals surface area contributed by atoms with Crippen LogP contribution < -0.4 is 5.56 Å². The third-order valence-corrected chi connectivity index (χ3v) is 2.30. The zero-order valence-corrected chi connectivity index (χ0v) is 9.90. The molecule has 0 spiro atoms. The van der Waals surface area contributed by atoms with Crippen LogP contribution in [-0.2, 0) is 9.53 Å². The van der Waals surface area contributed by atoms with Crippen LogP contribution in [0.1, 0.15) is 38.2 Å². The summed E-state index contributed by atoms with van der Waals surface area (Å²) in [5.74, 6) is -1.16. The van der Waals surface area contributed by atoms with E-state index in [9.17, 15) is 14.7 Å². The van der Waals surface area contributed by atoms with Crippen molar-refractivity contribution >= 4 is 5.97 Å². The molecule has 0 aliphatic carbocycles. The number of aromatic nitrogens is 2. The van der Waals surface area contributed by atoms with Crippen molar-refractivity contribution in [3.05, 3.63) is 22.2 Å². The van der Waals surface area contributed by atoms with E-state index in [0.29, 0.717) is 6.61 Å². The van der Waals surface area contributed by atoms with Gasteiger partial charge in [-0.05, 0) is 6.42 Å². The summed E-state index contributed by atoms with van der Waals surface area (Å²) in [5.41, 5.74) is -0.325. The summed E-state index contributed by atoms with van der Waals surface area (Å²) in [4.78, 5) is 28.8. The Hall–Kier alpha value is -1.85. The predicted octanol–water partition coefficient (Wildman–Crippen LogP) is 0.922. The molecule has 6 heteroatoms. The van der Waals surface area contributed by atoms with Gasteiger partial charge in [0.1, 0.15) is 0 Å². The molecule has 0 aromatic carbocycles. The number of carbonyl (C=O) groups is 1. The van der Waals surface area contributed by atoms with E-state index in [0.717, 1.165) is 12.7 Å². The fourth-order valence-corrected chi connectivity index (χ4v) is 1.47. The minimum atomic E-state index is -0.437. The van der Waals surface area contributed by atoms with Crippen LogP contribution in [0.15, 0.2) is 11.1 Å². The molecule has 1 aromatic rings. The van der Waals surface area contributed by atoms with Crippen LogP contribution in [0, 0.1) is 0 Å². The van der Waals surface area contributed by atoms with Crippen molar-refractivity contribution in [1.82, 2.24) is 9.97 Å². The standard InChI is InChI=1S/C11H16N2O4/c1-3-4-17-8(14)5-7(2)9-10(15)12-6-13-11(9)16/h6-7H,3-5H2,1-2H3,(H2,12,13,15,16)/t7-/m1/s1. The van der Waals surface area contributed by atoms with Gasteiger partial charge in [0.15, 0.2) is 0 Å². The van der Waals surface area contributed by atoms with Crippen molar-refractivity contribution in [2.45, 2.75) is 32.6 Å². The molecule has 0 aliphatic heterocycles. The number of esters is 1. The van der Waals surface area contributed by atoms with E-state index in [-0.39, 0.29) is 23.8 Å². The predicted molar refractivity (Wildman–Crippen MR) is 60.8 cm³/mol. The van der Waals surface area contributed by atoms with Crippen LogP contribution in [0.25, 0.3) is 0 Å². The zero-order valence-electron chi connectivity index (χ0n) is 9.90. The highest BCUT2D eigenvalue weighted by atomic mass is 16.5. The minimum absolute atomic E-state index is 0.0440. The normalized spacial score (nSPS) is 12.1. The van der Waals surface area contributed by atoms with Crippen LogP contribution in [-0.4, -0.2) is 27.7 Å².